The van der Waals surface area contributed by atoms with Gasteiger partial charge in [0, 0.05) is 174 Å². The molecule has 3 aromatic carbocycles. The Morgan fingerprint density at radius 1 is 0.411 bits per heavy atom. The van der Waals surface area contributed by atoms with Crippen LogP contribution < -0.4 is 67.9 Å². The van der Waals surface area contributed by atoms with E-state index in [4.69, 9.17) is 11.6 Å². The number of carbonyl (C=O) groups is 5. The summed E-state index contributed by atoms with van der Waals surface area (Å²) in [4.78, 5) is 111. The summed E-state index contributed by atoms with van der Waals surface area (Å²) in [5, 5.41) is 33.7. The molecule has 10 N–H and O–H groups in total. The van der Waals surface area contributed by atoms with Gasteiger partial charge >= 0.3 is 18.1 Å². The Labute approximate surface area is 627 Å². The highest BCUT2D eigenvalue weighted by Gasteiger charge is 2.24. The second kappa shape index (κ2) is 35.8. The van der Waals surface area contributed by atoms with Crippen LogP contribution in [-0.4, -0.2) is 181 Å². The number of nitrogens with zero attached hydrogens (tertiary/aromatic N) is 14. The molecule has 6 aliphatic rings. The van der Waals surface area contributed by atoms with Gasteiger partial charge in [0.15, 0.2) is 16.9 Å². The second-order valence-electron chi connectivity index (χ2n) is 28.0. The van der Waals surface area contributed by atoms with E-state index in [2.05, 4.69) is 137 Å². The molecule has 3 saturated heterocycles. The zero-order chi connectivity index (χ0) is 74.0. The third-order valence-corrected chi connectivity index (χ3v) is 20.6. The fourth-order valence-electron chi connectivity index (χ4n) is 14.3. The molecule has 29 nitrogen and oxygen atoms in total. The van der Waals surface area contributed by atoms with Crippen LogP contribution >= 0.6 is 11.6 Å². The Kier molecular flexibility index (Phi) is 24.8. The normalized spacial score (nSPS) is 16.7. The van der Waals surface area contributed by atoms with Gasteiger partial charge < -0.3 is 61.7 Å². The van der Waals surface area contributed by atoms with Crippen LogP contribution in [0.25, 0.3) is 33.1 Å². The molecule has 6 fully saturated rings. The summed E-state index contributed by atoms with van der Waals surface area (Å²) >= 11 is 6.60. The van der Waals surface area contributed by atoms with E-state index in [0.29, 0.717) is 70.4 Å². The SMILES string of the molecule is CC(=O)N1CCN(c2ccc(Nc3ncc4ccc(NC(=O)NC5CCCCC5)nc4n3)cc2)CC1.CC(=O)N1CCN(c2ccc(Nc3ncc4ccc(NC(=O)NC5CCCCC5)nc4n3)cc2Cl)CC1.Cc1cc(NC(=O)NC2CCCCC2)nc2nc(Nc3ccc(N4CCNCC4)cc3)ncc12. The van der Waals surface area contributed by atoms with Gasteiger partial charge in [0.05, 0.1) is 10.7 Å². The fourth-order valence-corrected chi connectivity index (χ4v) is 14.6. The minimum absolute atomic E-state index is 0.0979. The van der Waals surface area contributed by atoms with Crippen molar-refractivity contribution in [1.29, 1.82) is 0 Å². The van der Waals surface area contributed by atoms with Crippen molar-refractivity contribution in [2.75, 3.05) is 125 Å². The van der Waals surface area contributed by atoms with Crippen LogP contribution in [0.5, 0.6) is 0 Å². The number of benzene rings is 3. The summed E-state index contributed by atoms with van der Waals surface area (Å²) in [7, 11) is 0. The van der Waals surface area contributed by atoms with Crippen LogP contribution in [-0.2, 0) is 9.59 Å². The predicted molar refractivity (Wildman–Crippen MR) is 422 cm³/mol. The molecule has 3 aliphatic heterocycles. The molecule has 30 heteroatoms. The van der Waals surface area contributed by atoms with Gasteiger partial charge in [0.2, 0.25) is 29.7 Å². The molecular weight excluding hydrogens is 1380 g/mol. The number of hydrogen-bond donors (Lipinski definition) is 10. The van der Waals surface area contributed by atoms with Crippen molar-refractivity contribution in [3.8, 4) is 0 Å². The third-order valence-electron chi connectivity index (χ3n) is 20.3. The highest BCUT2D eigenvalue weighted by atomic mass is 35.5. The Hall–Kier alpha value is -11.1. The maximum atomic E-state index is 12.5. The third kappa shape index (κ3) is 20.7. The number of amides is 8. The zero-order valence-electron chi connectivity index (χ0n) is 61.0. The van der Waals surface area contributed by atoms with Crippen LogP contribution in [0.3, 0.4) is 0 Å². The number of anilines is 12. The Morgan fingerprint density at radius 3 is 1.25 bits per heavy atom. The smallest absolute Gasteiger partial charge is 0.320 e. The monoisotopic (exact) mass is 1470 g/mol. The summed E-state index contributed by atoms with van der Waals surface area (Å²) in [6.45, 7) is 15.2. The molecule has 107 heavy (non-hydrogen) atoms. The van der Waals surface area contributed by atoms with Crippen molar-refractivity contribution in [3.63, 3.8) is 0 Å². The summed E-state index contributed by atoms with van der Waals surface area (Å²) in [5.41, 5.74) is 8.26. The van der Waals surface area contributed by atoms with Gasteiger partial charge in [-0.3, -0.25) is 25.5 Å². The van der Waals surface area contributed by atoms with Gasteiger partial charge in [-0.05, 0) is 148 Å². The first kappa shape index (κ1) is 74.2. The maximum Gasteiger partial charge on any atom is 0.320 e. The first-order valence-corrected chi connectivity index (χ1v) is 37.9. The number of piperazine rings is 3. The summed E-state index contributed by atoms with van der Waals surface area (Å²) in [6, 6.07) is 31.1. The summed E-state index contributed by atoms with van der Waals surface area (Å²) in [5.74, 6) is 2.88. The first-order chi connectivity index (χ1) is 52.1. The lowest BCUT2D eigenvalue weighted by molar-refractivity contribution is -0.129. The minimum atomic E-state index is -0.247. The van der Waals surface area contributed by atoms with E-state index in [0.717, 1.165) is 180 Å². The second-order valence-corrected chi connectivity index (χ2v) is 28.4. The molecule has 0 atom stereocenters. The molecule has 3 saturated carbocycles. The fraction of sp³-hybridized carbons (Fsp3) is 0.429. The Balaban J connectivity index is 0.000000142. The number of rotatable bonds is 15. The number of pyridine rings is 3. The van der Waals surface area contributed by atoms with Crippen molar-refractivity contribution in [1.82, 2.24) is 75.9 Å². The number of hydrogen-bond acceptors (Lipinski definition) is 21. The topological polar surface area (TPSA) is 338 Å². The molecule has 9 heterocycles. The highest BCUT2D eigenvalue weighted by molar-refractivity contribution is 6.33. The van der Waals surface area contributed by atoms with Crippen LogP contribution in [0.2, 0.25) is 5.02 Å². The maximum absolute atomic E-state index is 12.5. The standard InChI is InChI=1S/C26H31ClN8O2.C26H32N8O2.C25H32N8O/c1-17(36)34-11-13-35(14-12-34)22-9-8-20(15-21(22)27)29-25-28-16-18-7-10-23(31-24(18)33-25)32-26(37)30-19-5-3-2-4-6-19;1-18(35)33-13-15-34(16-14-33)22-10-8-21(9-11-22)28-25-27-17-19-7-12-23(30-24(19)32-25)31-26(36)29-20-5-3-2-4-6-20;1-17-15-22(31-25(34)29-18-5-3-2-4-6-18)30-23-21(17)16-27-24(32-23)28-19-7-9-20(10-8-19)33-13-11-26-12-14-33/h7-10,15-16,19H,2-6,11-14H2,1H3,(H3,28,29,30,31,32,33,37);7-12,17,20H,2-6,13-16H2,1H3,(H3,27,28,29,30,31,32,36);7-10,15-16,18,26H,2-6,11-14H2,1H3,(H3,27,28,29,30,31,32,34). The molecule has 8 amide bonds. The number of halogens is 1. The lowest BCUT2D eigenvalue weighted by atomic mass is 9.96. The van der Waals surface area contributed by atoms with Crippen molar-refractivity contribution in [2.45, 2.75) is 135 Å². The molecule has 0 unspecified atom stereocenters. The van der Waals surface area contributed by atoms with Gasteiger partial charge in [0.1, 0.15) is 17.5 Å². The molecule has 0 spiro atoms. The molecular formula is C77H95ClN24O5. The molecule has 9 aromatic rings. The van der Waals surface area contributed by atoms with Crippen molar-refractivity contribution >= 4 is 144 Å². The van der Waals surface area contributed by atoms with Gasteiger partial charge in [-0.25, -0.2) is 44.3 Å². The van der Waals surface area contributed by atoms with Gasteiger partial charge in [-0.1, -0.05) is 69.4 Å². The molecule has 560 valence electrons. The van der Waals surface area contributed by atoms with E-state index in [1.165, 1.54) is 37.8 Å². The predicted octanol–water partition coefficient (Wildman–Crippen LogP) is 12.4. The molecule has 6 aromatic heterocycles. The Morgan fingerprint density at radius 2 is 0.804 bits per heavy atom. The molecule has 3 aliphatic carbocycles. The van der Waals surface area contributed by atoms with Crippen molar-refractivity contribution < 1.29 is 24.0 Å². The van der Waals surface area contributed by atoms with E-state index in [-0.39, 0.29) is 48.0 Å². The van der Waals surface area contributed by atoms with Crippen molar-refractivity contribution in [3.05, 3.63) is 126 Å². The quantitative estimate of drug-likeness (QED) is 0.0456. The van der Waals surface area contributed by atoms with Crippen LogP contribution in [0, 0.1) is 6.92 Å². The number of urea groups is 3. The lowest BCUT2D eigenvalue weighted by Crippen LogP contribution is -2.48. The van der Waals surface area contributed by atoms with Gasteiger partial charge in [-0.15, -0.1) is 0 Å². The largest absolute Gasteiger partial charge is 0.369 e. The van der Waals surface area contributed by atoms with Gasteiger partial charge in [0.25, 0.3) is 0 Å². The molecule has 0 bridgehead atoms. The number of nitrogens with one attached hydrogen (secondary N) is 10. The number of aryl methyl sites for hydroxylation is 1. The zero-order valence-corrected chi connectivity index (χ0v) is 61.7. The van der Waals surface area contributed by atoms with Crippen molar-refractivity contribution in [2.24, 2.45) is 0 Å². The van der Waals surface area contributed by atoms with E-state index >= 15 is 0 Å². The number of aromatic nitrogens is 9. The van der Waals surface area contributed by atoms with E-state index in [1.807, 2.05) is 77.4 Å². The average molecular weight is 1470 g/mol. The minimum Gasteiger partial charge on any atom is -0.369 e. The number of fused-ring (bicyclic) bond motifs is 3. The van der Waals surface area contributed by atoms with Crippen LogP contribution in [0.15, 0.2) is 116 Å². The summed E-state index contributed by atoms with van der Waals surface area (Å²) < 4.78 is 0. The van der Waals surface area contributed by atoms with E-state index in [1.54, 1.807) is 44.6 Å². The van der Waals surface area contributed by atoms with Crippen LogP contribution in [0.1, 0.15) is 116 Å². The molecule has 15 rings (SSSR count). The van der Waals surface area contributed by atoms with E-state index in [9.17, 15) is 24.0 Å². The lowest BCUT2D eigenvalue weighted by Gasteiger charge is -2.36. The molecule has 0 radical (unpaired) electrons. The Bertz CT molecular complexity index is 4560. The summed E-state index contributed by atoms with van der Waals surface area (Å²) in [6.07, 6.45) is 22.0. The first-order valence-electron chi connectivity index (χ1n) is 37.5. The average Bonchev–Trinajstić information content (AvgIpc) is 0.809. The van der Waals surface area contributed by atoms with E-state index < -0.39 is 0 Å². The highest BCUT2D eigenvalue weighted by Crippen LogP contribution is 2.32. The number of carbonyl (C=O) groups excluding carboxylic acids is 5. The van der Waals surface area contributed by atoms with Crippen LogP contribution in [0.4, 0.5) is 83.8 Å². The van der Waals surface area contributed by atoms with Gasteiger partial charge in [-0.2, -0.15) is 15.0 Å².